The fourth-order valence-corrected chi connectivity index (χ4v) is 4.68. The van der Waals surface area contributed by atoms with Crippen molar-refractivity contribution in [3.05, 3.63) is 65.6 Å². The van der Waals surface area contributed by atoms with Gasteiger partial charge < -0.3 is 19.4 Å². The molecule has 1 amide bonds. The molecule has 1 aliphatic heterocycles. The van der Waals surface area contributed by atoms with Gasteiger partial charge in [-0.25, -0.2) is 13.6 Å². The maximum atomic E-state index is 15.5. The molecule has 1 aliphatic rings. The molecule has 36 heavy (non-hydrogen) atoms. The third-order valence-electron chi connectivity index (χ3n) is 6.06. The van der Waals surface area contributed by atoms with Gasteiger partial charge in [0, 0.05) is 18.7 Å². The van der Waals surface area contributed by atoms with Crippen molar-refractivity contribution in [1.29, 1.82) is 0 Å². The fourth-order valence-electron chi connectivity index (χ4n) is 4.68. The maximum Gasteiger partial charge on any atom is 0.471 e. The van der Waals surface area contributed by atoms with Gasteiger partial charge >= 0.3 is 18.2 Å². The fraction of sp³-hybridized carbons (Fsp3) is 0.375. The summed E-state index contributed by atoms with van der Waals surface area (Å²) >= 11 is 0. The molecule has 1 fully saturated rings. The number of alkyl halides is 3. The van der Waals surface area contributed by atoms with Crippen LogP contribution in [-0.2, 0) is 6.18 Å². The molecule has 1 N–H and O–H groups in total. The van der Waals surface area contributed by atoms with Gasteiger partial charge in [0.05, 0.1) is 12.1 Å². The normalized spacial score (nSPS) is 19.0. The molecular weight excluding hydrogens is 487 g/mol. The van der Waals surface area contributed by atoms with Crippen LogP contribution in [0.15, 0.2) is 47.0 Å². The number of hydrogen-bond donors (Lipinski definition) is 1. The minimum absolute atomic E-state index is 0.0129. The minimum atomic E-state index is -4.91. The van der Waals surface area contributed by atoms with E-state index >= 15 is 8.78 Å². The third kappa shape index (κ3) is 4.71. The Labute approximate surface area is 203 Å². The van der Waals surface area contributed by atoms with Gasteiger partial charge in [-0.1, -0.05) is 56.3 Å². The molecule has 0 aliphatic carbocycles. The molecule has 192 valence electrons. The largest absolute Gasteiger partial charge is 0.471 e. The van der Waals surface area contributed by atoms with Crippen molar-refractivity contribution < 1.29 is 36.4 Å². The van der Waals surface area contributed by atoms with Gasteiger partial charge in [0.2, 0.25) is 5.82 Å². The van der Waals surface area contributed by atoms with E-state index in [1.165, 1.54) is 9.80 Å². The smallest absolute Gasteiger partial charge is 0.465 e. The Morgan fingerprint density at radius 2 is 1.67 bits per heavy atom. The molecule has 12 heteroatoms. The SMILES string of the molecule is CC(C)(C)C1C(c2ccccc2)N(c2c(F)cc(-c3noc(C(F)(F)F)n3)cc2F)CCN1C(=O)O. The number of carbonyl (C=O) groups is 1. The van der Waals surface area contributed by atoms with Crippen LogP contribution >= 0.6 is 0 Å². The molecule has 0 spiro atoms. The molecule has 2 aromatic carbocycles. The summed E-state index contributed by atoms with van der Waals surface area (Å²) in [6.45, 7) is 5.50. The lowest BCUT2D eigenvalue weighted by atomic mass is 9.76. The zero-order chi connectivity index (χ0) is 26.4. The second-order valence-corrected chi connectivity index (χ2v) is 9.55. The van der Waals surface area contributed by atoms with Crippen molar-refractivity contribution in [3.63, 3.8) is 0 Å². The molecule has 1 aromatic heterocycles. The number of benzene rings is 2. The maximum absolute atomic E-state index is 15.5. The van der Waals surface area contributed by atoms with Crippen molar-refractivity contribution in [2.24, 2.45) is 5.41 Å². The standard InChI is InChI=1S/C24H23F5N4O3/c1-23(2,3)19-17(13-7-5-4-6-8-13)32(9-10-33(19)22(34)35)18-15(25)11-14(12-16(18)26)20-30-21(36-31-20)24(27,28)29/h4-8,11-12,17,19H,9-10H2,1-3H3,(H,34,35). The van der Waals surface area contributed by atoms with Crippen molar-refractivity contribution in [2.75, 3.05) is 18.0 Å². The van der Waals surface area contributed by atoms with Crippen LogP contribution < -0.4 is 4.90 Å². The first-order chi connectivity index (χ1) is 16.8. The van der Waals surface area contributed by atoms with E-state index < -0.39 is 58.8 Å². The van der Waals surface area contributed by atoms with Gasteiger partial charge in [-0.05, 0) is 23.1 Å². The zero-order valence-corrected chi connectivity index (χ0v) is 19.6. The average molecular weight is 510 g/mol. The number of amides is 1. The van der Waals surface area contributed by atoms with Crippen LogP contribution in [-0.4, -0.2) is 45.4 Å². The lowest BCUT2D eigenvalue weighted by molar-refractivity contribution is -0.159. The number of carboxylic acid groups (broad SMARTS) is 1. The Morgan fingerprint density at radius 1 is 1.06 bits per heavy atom. The predicted octanol–water partition coefficient (Wildman–Crippen LogP) is 5.99. The van der Waals surface area contributed by atoms with Crippen LogP contribution in [0.2, 0.25) is 0 Å². The molecule has 0 radical (unpaired) electrons. The highest BCUT2D eigenvalue weighted by atomic mass is 19.4. The first-order valence-electron chi connectivity index (χ1n) is 11.0. The van der Waals surface area contributed by atoms with Crippen LogP contribution in [0.3, 0.4) is 0 Å². The summed E-state index contributed by atoms with van der Waals surface area (Å²) in [5, 5.41) is 13.1. The topological polar surface area (TPSA) is 82.7 Å². The molecule has 2 unspecified atom stereocenters. The molecule has 4 rings (SSSR count). The van der Waals surface area contributed by atoms with E-state index in [2.05, 4.69) is 14.7 Å². The van der Waals surface area contributed by atoms with E-state index in [0.717, 1.165) is 12.1 Å². The van der Waals surface area contributed by atoms with Crippen LogP contribution in [0.1, 0.15) is 38.3 Å². The lowest BCUT2D eigenvalue weighted by Gasteiger charge is -2.52. The van der Waals surface area contributed by atoms with Crippen molar-refractivity contribution >= 4 is 11.8 Å². The number of aromatic nitrogens is 2. The third-order valence-corrected chi connectivity index (χ3v) is 6.06. The summed E-state index contributed by atoms with van der Waals surface area (Å²) in [5.41, 5.74) is -0.727. The molecule has 2 atom stereocenters. The molecule has 7 nitrogen and oxygen atoms in total. The van der Waals surface area contributed by atoms with Crippen molar-refractivity contribution in [3.8, 4) is 11.4 Å². The first-order valence-corrected chi connectivity index (χ1v) is 11.0. The summed E-state index contributed by atoms with van der Waals surface area (Å²) < 4.78 is 73.5. The van der Waals surface area contributed by atoms with E-state index in [1.54, 1.807) is 30.3 Å². The second-order valence-electron chi connectivity index (χ2n) is 9.55. The van der Waals surface area contributed by atoms with E-state index in [-0.39, 0.29) is 18.7 Å². The molecule has 2 heterocycles. The van der Waals surface area contributed by atoms with Crippen LogP contribution in [0.4, 0.5) is 32.4 Å². The van der Waals surface area contributed by atoms with E-state index in [4.69, 9.17) is 0 Å². The van der Waals surface area contributed by atoms with Gasteiger partial charge in [-0.3, -0.25) is 0 Å². The average Bonchev–Trinajstić information content (AvgIpc) is 3.29. The Balaban J connectivity index is 1.82. The highest BCUT2D eigenvalue weighted by Crippen LogP contribution is 2.44. The van der Waals surface area contributed by atoms with Crippen molar-refractivity contribution in [1.82, 2.24) is 15.0 Å². The number of rotatable bonds is 3. The number of anilines is 1. The number of nitrogens with zero attached hydrogens (tertiary/aromatic N) is 4. The summed E-state index contributed by atoms with van der Waals surface area (Å²) in [6.07, 6.45) is -6.05. The van der Waals surface area contributed by atoms with E-state index in [1.807, 2.05) is 20.8 Å². The van der Waals surface area contributed by atoms with Crippen LogP contribution in [0.25, 0.3) is 11.4 Å². The molecular formula is C24H23F5N4O3. The van der Waals surface area contributed by atoms with E-state index in [9.17, 15) is 23.1 Å². The molecule has 1 saturated heterocycles. The Morgan fingerprint density at radius 3 is 2.17 bits per heavy atom. The Bertz CT molecular complexity index is 1230. The number of piperazine rings is 1. The lowest BCUT2D eigenvalue weighted by Crippen LogP contribution is -2.61. The summed E-state index contributed by atoms with van der Waals surface area (Å²) in [7, 11) is 0. The van der Waals surface area contributed by atoms with Gasteiger partial charge in [-0.15, -0.1) is 0 Å². The first kappa shape index (κ1) is 25.4. The van der Waals surface area contributed by atoms with Crippen LogP contribution in [0.5, 0.6) is 0 Å². The Hall–Kier alpha value is -3.70. The van der Waals surface area contributed by atoms with Gasteiger partial charge in [0.25, 0.3) is 0 Å². The van der Waals surface area contributed by atoms with Crippen molar-refractivity contribution in [2.45, 2.75) is 39.0 Å². The zero-order valence-electron chi connectivity index (χ0n) is 19.6. The number of halogens is 5. The van der Waals surface area contributed by atoms with Gasteiger partial charge in [-0.2, -0.15) is 18.2 Å². The second kappa shape index (κ2) is 9.07. The van der Waals surface area contributed by atoms with E-state index in [0.29, 0.717) is 5.56 Å². The van der Waals surface area contributed by atoms with Gasteiger partial charge in [0.15, 0.2) is 0 Å². The summed E-state index contributed by atoms with van der Waals surface area (Å²) in [4.78, 5) is 18.0. The monoisotopic (exact) mass is 510 g/mol. The summed E-state index contributed by atoms with van der Waals surface area (Å²) in [6, 6.07) is 9.00. The van der Waals surface area contributed by atoms with Crippen LogP contribution in [0, 0.1) is 17.0 Å². The predicted molar refractivity (Wildman–Crippen MR) is 119 cm³/mol. The summed E-state index contributed by atoms with van der Waals surface area (Å²) in [5.74, 6) is -4.36. The minimum Gasteiger partial charge on any atom is -0.465 e. The highest BCUT2D eigenvalue weighted by molar-refractivity contribution is 5.68. The Kier molecular flexibility index (Phi) is 6.40. The highest BCUT2D eigenvalue weighted by Gasteiger charge is 2.47. The van der Waals surface area contributed by atoms with Gasteiger partial charge in [0.1, 0.15) is 17.3 Å². The molecule has 3 aromatic rings. The molecule has 0 saturated carbocycles. The number of hydrogen-bond acceptors (Lipinski definition) is 5. The molecule has 0 bridgehead atoms. The quantitative estimate of drug-likeness (QED) is 0.436.